The number of nitrogens with zero attached hydrogens (tertiary/aromatic N) is 1. The van der Waals surface area contributed by atoms with E-state index >= 15 is 0 Å². The molecule has 0 N–H and O–H groups in total. The van der Waals surface area contributed by atoms with Gasteiger partial charge in [-0.05, 0) is 30.7 Å². The number of methoxy groups -OCH3 is 1. The zero-order valence-electron chi connectivity index (χ0n) is 10.3. The quantitative estimate of drug-likeness (QED) is 0.848. The Morgan fingerprint density at radius 1 is 1.28 bits per heavy atom. The molecule has 2 rings (SSSR count). The van der Waals surface area contributed by atoms with E-state index in [9.17, 15) is 0 Å². The Morgan fingerprint density at radius 2 is 2.11 bits per heavy atom. The molecule has 1 heterocycles. The zero-order chi connectivity index (χ0) is 13.0. The summed E-state index contributed by atoms with van der Waals surface area (Å²) in [5.74, 6) is 1.51. The summed E-state index contributed by atoms with van der Waals surface area (Å²) >= 11 is 3.45. The molecule has 0 amide bonds. The highest BCUT2D eigenvalue weighted by Gasteiger charge is 2.05. The van der Waals surface area contributed by atoms with Crippen LogP contribution in [0.5, 0.6) is 5.75 Å². The molecule has 0 bridgehead atoms. The summed E-state index contributed by atoms with van der Waals surface area (Å²) in [6, 6.07) is 7.67. The van der Waals surface area contributed by atoms with E-state index in [0.717, 1.165) is 21.5 Å². The minimum Gasteiger partial charge on any atom is -0.487 e. The molecule has 2 aromatic rings. The Labute approximate surface area is 114 Å². The Hall–Kier alpha value is -1.33. The fraction of sp³-hybridized carbons (Fsp3) is 0.308. The number of hydrogen-bond acceptors (Lipinski definition) is 4. The monoisotopic (exact) mass is 311 g/mol. The SMILES string of the molecule is COCc1cc(COc2ccc(Br)c(C)c2)no1. The molecule has 0 saturated carbocycles. The Morgan fingerprint density at radius 3 is 2.83 bits per heavy atom. The van der Waals surface area contributed by atoms with Crippen LogP contribution in [0.2, 0.25) is 0 Å². The first-order valence-corrected chi connectivity index (χ1v) is 6.30. The van der Waals surface area contributed by atoms with Gasteiger partial charge in [-0.2, -0.15) is 0 Å². The van der Waals surface area contributed by atoms with Crippen molar-refractivity contribution in [3.05, 3.63) is 45.8 Å². The fourth-order valence-corrected chi connectivity index (χ4v) is 1.74. The van der Waals surface area contributed by atoms with E-state index in [4.69, 9.17) is 14.0 Å². The summed E-state index contributed by atoms with van der Waals surface area (Å²) in [6.07, 6.45) is 0. The predicted octanol–water partition coefficient (Wildman–Crippen LogP) is 3.47. The van der Waals surface area contributed by atoms with Crippen molar-refractivity contribution >= 4 is 15.9 Å². The lowest BCUT2D eigenvalue weighted by atomic mass is 10.2. The van der Waals surface area contributed by atoms with Crippen molar-refractivity contribution in [3.63, 3.8) is 0 Å². The second-order valence-electron chi connectivity index (χ2n) is 3.92. The van der Waals surface area contributed by atoms with Gasteiger partial charge in [0.25, 0.3) is 0 Å². The zero-order valence-corrected chi connectivity index (χ0v) is 11.9. The second kappa shape index (κ2) is 6.02. The standard InChI is InChI=1S/C13H14BrNO3/c1-9-5-11(3-4-13(9)14)17-7-10-6-12(8-16-2)18-15-10/h3-6H,7-8H2,1-2H3. The van der Waals surface area contributed by atoms with E-state index in [1.807, 2.05) is 31.2 Å². The maximum absolute atomic E-state index is 5.64. The smallest absolute Gasteiger partial charge is 0.162 e. The third-order valence-electron chi connectivity index (χ3n) is 2.41. The van der Waals surface area contributed by atoms with Crippen LogP contribution in [0.3, 0.4) is 0 Å². The summed E-state index contributed by atoms with van der Waals surface area (Å²) in [5, 5.41) is 3.90. The lowest BCUT2D eigenvalue weighted by Crippen LogP contribution is -1.95. The number of hydrogen-bond donors (Lipinski definition) is 0. The molecule has 18 heavy (non-hydrogen) atoms. The van der Waals surface area contributed by atoms with Crippen molar-refractivity contribution in [3.8, 4) is 5.75 Å². The molecule has 0 atom stereocenters. The van der Waals surface area contributed by atoms with Crippen molar-refractivity contribution in [2.45, 2.75) is 20.1 Å². The largest absolute Gasteiger partial charge is 0.487 e. The fourth-order valence-electron chi connectivity index (χ4n) is 1.50. The van der Waals surface area contributed by atoms with Crippen molar-refractivity contribution in [1.82, 2.24) is 5.16 Å². The molecule has 0 aliphatic carbocycles. The lowest BCUT2D eigenvalue weighted by Gasteiger charge is -2.05. The highest BCUT2D eigenvalue weighted by molar-refractivity contribution is 9.10. The van der Waals surface area contributed by atoms with Gasteiger partial charge in [-0.25, -0.2) is 0 Å². The molecule has 0 unspecified atom stereocenters. The van der Waals surface area contributed by atoms with E-state index in [0.29, 0.717) is 19.0 Å². The first-order valence-electron chi connectivity index (χ1n) is 5.51. The Balaban J connectivity index is 1.95. The maximum Gasteiger partial charge on any atom is 0.162 e. The van der Waals surface area contributed by atoms with Crippen molar-refractivity contribution in [2.24, 2.45) is 0 Å². The summed E-state index contributed by atoms with van der Waals surface area (Å²) in [4.78, 5) is 0. The van der Waals surface area contributed by atoms with Crippen molar-refractivity contribution in [1.29, 1.82) is 0 Å². The van der Waals surface area contributed by atoms with Gasteiger partial charge in [-0.1, -0.05) is 21.1 Å². The first-order chi connectivity index (χ1) is 8.69. The molecule has 1 aromatic heterocycles. The van der Waals surface area contributed by atoms with Crippen LogP contribution in [-0.4, -0.2) is 12.3 Å². The number of halogens is 1. The Kier molecular flexibility index (Phi) is 4.38. The van der Waals surface area contributed by atoms with Crippen LogP contribution in [0, 0.1) is 6.92 Å². The number of ether oxygens (including phenoxy) is 2. The summed E-state index contributed by atoms with van der Waals surface area (Å²) in [6.45, 7) is 2.82. The average Bonchev–Trinajstić information content (AvgIpc) is 2.79. The molecule has 5 heteroatoms. The predicted molar refractivity (Wildman–Crippen MR) is 70.4 cm³/mol. The average molecular weight is 312 g/mol. The third kappa shape index (κ3) is 3.34. The number of benzene rings is 1. The van der Waals surface area contributed by atoms with E-state index in [2.05, 4.69) is 21.1 Å². The van der Waals surface area contributed by atoms with Gasteiger partial charge in [-0.3, -0.25) is 0 Å². The lowest BCUT2D eigenvalue weighted by molar-refractivity contribution is 0.155. The first kappa shape index (κ1) is 13.1. The van der Waals surface area contributed by atoms with Gasteiger partial charge in [0.1, 0.15) is 24.7 Å². The number of aryl methyl sites for hydroxylation is 1. The molecule has 0 radical (unpaired) electrons. The third-order valence-corrected chi connectivity index (χ3v) is 3.30. The van der Waals surface area contributed by atoms with Crippen LogP contribution in [0.15, 0.2) is 33.3 Å². The van der Waals surface area contributed by atoms with Crippen molar-refractivity contribution < 1.29 is 14.0 Å². The van der Waals surface area contributed by atoms with Crippen LogP contribution in [-0.2, 0) is 18.0 Å². The summed E-state index contributed by atoms with van der Waals surface area (Å²) in [7, 11) is 1.61. The Bertz CT molecular complexity index is 525. The highest BCUT2D eigenvalue weighted by Crippen LogP contribution is 2.22. The van der Waals surface area contributed by atoms with Crippen LogP contribution >= 0.6 is 15.9 Å². The van der Waals surface area contributed by atoms with Gasteiger partial charge >= 0.3 is 0 Å². The molecule has 0 aliphatic heterocycles. The van der Waals surface area contributed by atoms with Gasteiger partial charge in [0.05, 0.1) is 0 Å². The van der Waals surface area contributed by atoms with Crippen LogP contribution < -0.4 is 4.74 Å². The van der Waals surface area contributed by atoms with Gasteiger partial charge in [-0.15, -0.1) is 0 Å². The number of rotatable bonds is 5. The van der Waals surface area contributed by atoms with Crippen LogP contribution in [0.25, 0.3) is 0 Å². The van der Waals surface area contributed by atoms with E-state index in [1.165, 1.54) is 0 Å². The van der Waals surface area contributed by atoms with Gasteiger partial charge in [0.2, 0.25) is 0 Å². The minimum atomic E-state index is 0.383. The van der Waals surface area contributed by atoms with Gasteiger partial charge in [0.15, 0.2) is 5.76 Å². The van der Waals surface area contributed by atoms with E-state index in [1.54, 1.807) is 7.11 Å². The normalized spacial score (nSPS) is 10.6. The van der Waals surface area contributed by atoms with E-state index in [-0.39, 0.29) is 0 Å². The van der Waals surface area contributed by atoms with Crippen LogP contribution in [0.1, 0.15) is 17.0 Å². The minimum absolute atomic E-state index is 0.383. The topological polar surface area (TPSA) is 44.5 Å². The van der Waals surface area contributed by atoms with E-state index < -0.39 is 0 Å². The molecule has 96 valence electrons. The van der Waals surface area contributed by atoms with Crippen LogP contribution in [0.4, 0.5) is 0 Å². The molecular formula is C13H14BrNO3. The maximum atomic E-state index is 5.64. The van der Waals surface area contributed by atoms with Crippen molar-refractivity contribution in [2.75, 3.05) is 7.11 Å². The molecule has 0 fully saturated rings. The second-order valence-corrected chi connectivity index (χ2v) is 4.77. The number of aromatic nitrogens is 1. The molecule has 0 saturated heterocycles. The molecular weight excluding hydrogens is 298 g/mol. The molecule has 1 aromatic carbocycles. The summed E-state index contributed by atoms with van der Waals surface area (Å²) < 4.78 is 16.7. The van der Waals surface area contributed by atoms with Gasteiger partial charge in [0, 0.05) is 17.6 Å². The molecule has 4 nitrogen and oxygen atoms in total. The molecule has 0 aliphatic rings. The highest BCUT2D eigenvalue weighted by atomic mass is 79.9. The van der Waals surface area contributed by atoms with Gasteiger partial charge < -0.3 is 14.0 Å². The molecule has 0 spiro atoms. The summed E-state index contributed by atoms with van der Waals surface area (Å²) in [5.41, 5.74) is 1.88.